The van der Waals surface area contributed by atoms with Crippen molar-refractivity contribution < 1.29 is 4.74 Å². The van der Waals surface area contributed by atoms with E-state index in [9.17, 15) is 0 Å². The zero-order valence-electron chi connectivity index (χ0n) is 12.1. The average molecular weight is 342 g/mol. The molecule has 0 aromatic carbocycles. The molecule has 2 aliphatic carbocycles. The maximum atomic E-state index is 6.49. The van der Waals surface area contributed by atoms with E-state index < -0.39 is 0 Å². The van der Waals surface area contributed by atoms with Gasteiger partial charge in [-0.1, -0.05) is 6.42 Å². The second-order valence-corrected chi connectivity index (χ2v) is 7.23. The van der Waals surface area contributed by atoms with Gasteiger partial charge in [0.05, 0.1) is 29.5 Å². The summed E-state index contributed by atoms with van der Waals surface area (Å²) in [6.07, 6.45) is 8.66. The van der Waals surface area contributed by atoms with Gasteiger partial charge in [0.2, 0.25) is 0 Å². The summed E-state index contributed by atoms with van der Waals surface area (Å²) in [4.78, 5) is 0. The third kappa shape index (κ3) is 2.81. The molecular weight excluding hydrogens is 318 g/mol. The minimum absolute atomic E-state index is 0.0769. The van der Waals surface area contributed by atoms with Crippen molar-refractivity contribution in [1.29, 1.82) is 0 Å². The maximum absolute atomic E-state index is 6.49. The summed E-state index contributed by atoms with van der Waals surface area (Å²) in [7, 11) is 1.72. The summed E-state index contributed by atoms with van der Waals surface area (Å²) < 4.78 is 8.17. The molecule has 2 aliphatic rings. The second-order valence-electron chi connectivity index (χ2n) is 6.37. The van der Waals surface area contributed by atoms with Crippen molar-refractivity contribution >= 4 is 15.9 Å². The van der Waals surface area contributed by atoms with Crippen LogP contribution in [0.25, 0.3) is 0 Å². The van der Waals surface area contributed by atoms with E-state index in [2.05, 4.69) is 21.0 Å². The highest BCUT2D eigenvalue weighted by atomic mass is 79.9. The average Bonchev–Trinajstić information content (AvgIpc) is 3.11. The van der Waals surface area contributed by atoms with Crippen LogP contribution in [0.4, 0.5) is 0 Å². The SMILES string of the molecule is COCCn1ncc(Br)c1C(N)CC1CC2CCC1C2. The fourth-order valence-electron chi connectivity index (χ4n) is 4.20. The minimum Gasteiger partial charge on any atom is -0.383 e. The molecule has 2 N–H and O–H groups in total. The van der Waals surface area contributed by atoms with Crippen LogP contribution in [-0.2, 0) is 11.3 Å². The lowest BCUT2D eigenvalue weighted by molar-refractivity contribution is 0.181. The van der Waals surface area contributed by atoms with Crippen LogP contribution in [0.1, 0.15) is 43.8 Å². The second kappa shape index (κ2) is 6.16. The smallest absolute Gasteiger partial charge is 0.0694 e. The standard InChI is InChI=1S/C15H24BrN3O/c1-20-5-4-19-15(13(16)9-18-19)14(17)8-12-7-10-2-3-11(12)6-10/h9-12,14H,2-8,17H2,1H3. The van der Waals surface area contributed by atoms with Crippen LogP contribution in [0, 0.1) is 17.8 Å². The highest BCUT2D eigenvalue weighted by molar-refractivity contribution is 9.10. The number of nitrogens with zero attached hydrogens (tertiary/aromatic N) is 2. The molecule has 0 radical (unpaired) electrons. The molecule has 0 aliphatic heterocycles. The molecule has 2 saturated carbocycles. The molecule has 1 aromatic rings. The van der Waals surface area contributed by atoms with E-state index in [0.717, 1.165) is 40.9 Å². The number of rotatable bonds is 6. The molecule has 2 fully saturated rings. The van der Waals surface area contributed by atoms with Crippen LogP contribution in [-0.4, -0.2) is 23.5 Å². The Morgan fingerprint density at radius 2 is 2.35 bits per heavy atom. The van der Waals surface area contributed by atoms with Gasteiger partial charge in [0, 0.05) is 13.2 Å². The largest absolute Gasteiger partial charge is 0.383 e. The molecule has 3 rings (SSSR count). The molecule has 0 spiro atoms. The van der Waals surface area contributed by atoms with Crippen molar-refractivity contribution in [1.82, 2.24) is 9.78 Å². The predicted octanol–water partition coefficient (Wildman–Crippen LogP) is 3.12. The fourth-order valence-corrected chi connectivity index (χ4v) is 4.79. The van der Waals surface area contributed by atoms with E-state index in [1.807, 2.05) is 10.9 Å². The van der Waals surface area contributed by atoms with E-state index in [1.54, 1.807) is 7.11 Å². The van der Waals surface area contributed by atoms with E-state index in [0.29, 0.717) is 6.61 Å². The van der Waals surface area contributed by atoms with Crippen molar-refractivity contribution in [3.05, 3.63) is 16.4 Å². The van der Waals surface area contributed by atoms with E-state index in [1.165, 1.54) is 25.7 Å². The summed E-state index contributed by atoms with van der Waals surface area (Å²) in [5.74, 6) is 2.74. The number of ether oxygens (including phenoxy) is 1. The Morgan fingerprint density at radius 3 is 3.00 bits per heavy atom. The zero-order chi connectivity index (χ0) is 14.1. The predicted molar refractivity (Wildman–Crippen MR) is 82.3 cm³/mol. The summed E-state index contributed by atoms with van der Waals surface area (Å²) in [5.41, 5.74) is 7.62. The first-order chi connectivity index (χ1) is 9.69. The summed E-state index contributed by atoms with van der Waals surface area (Å²) >= 11 is 3.60. The maximum Gasteiger partial charge on any atom is 0.0694 e. The normalized spacial score (nSPS) is 30.1. The third-order valence-electron chi connectivity index (χ3n) is 5.13. The Morgan fingerprint density at radius 1 is 1.50 bits per heavy atom. The van der Waals surface area contributed by atoms with Gasteiger partial charge in [0.15, 0.2) is 0 Å². The molecule has 4 nitrogen and oxygen atoms in total. The minimum atomic E-state index is 0.0769. The van der Waals surface area contributed by atoms with Gasteiger partial charge in [-0.25, -0.2) is 0 Å². The van der Waals surface area contributed by atoms with Crippen LogP contribution in [0.3, 0.4) is 0 Å². The quantitative estimate of drug-likeness (QED) is 0.864. The van der Waals surface area contributed by atoms with Gasteiger partial charge >= 0.3 is 0 Å². The third-order valence-corrected chi connectivity index (χ3v) is 5.74. The number of hydrogen-bond acceptors (Lipinski definition) is 3. The molecule has 0 saturated heterocycles. The molecule has 0 amide bonds. The van der Waals surface area contributed by atoms with Crippen molar-refractivity contribution in [3.8, 4) is 0 Å². The lowest BCUT2D eigenvalue weighted by atomic mass is 9.84. The van der Waals surface area contributed by atoms with Gasteiger partial charge < -0.3 is 10.5 Å². The zero-order valence-corrected chi connectivity index (χ0v) is 13.7. The highest BCUT2D eigenvalue weighted by Gasteiger charge is 2.40. The Kier molecular flexibility index (Phi) is 4.48. The highest BCUT2D eigenvalue weighted by Crippen LogP contribution is 2.50. The number of hydrogen-bond donors (Lipinski definition) is 1. The number of nitrogens with two attached hydrogens (primary N) is 1. The molecule has 20 heavy (non-hydrogen) atoms. The molecule has 1 aromatic heterocycles. The molecule has 4 atom stereocenters. The van der Waals surface area contributed by atoms with E-state index in [4.69, 9.17) is 10.5 Å². The first-order valence-corrected chi connectivity index (χ1v) is 8.44. The molecular formula is C15H24BrN3O. The number of methoxy groups -OCH3 is 1. The fraction of sp³-hybridized carbons (Fsp3) is 0.800. The van der Waals surface area contributed by atoms with Crippen molar-refractivity contribution in [2.75, 3.05) is 13.7 Å². The van der Waals surface area contributed by atoms with Crippen LogP contribution in [0.5, 0.6) is 0 Å². The summed E-state index contributed by atoms with van der Waals surface area (Å²) in [5, 5.41) is 4.41. The number of aromatic nitrogens is 2. The Hall–Kier alpha value is -0.390. The Bertz CT molecular complexity index is 462. The molecule has 5 heteroatoms. The number of fused-ring (bicyclic) bond motifs is 2. The van der Waals surface area contributed by atoms with Crippen LogP contribution < -0.4 is 5.73 Å². The van der Waals surface area contributed by atoms with Gasteiger partial charge in [0.25, 0.3) is 0 Å². The van der Waals surface area contributed by atoms with Crippen LogP contribution in [0.15, 0.2) is 10.7 Å². The lowest BCUT2D eigenvalue weighted by Gasteiger charge is -2.25. The molecule has 2 bridgehead atoms. The Balaban J connectivity index is 1.67. The van der Waals surface area contributed by atoms with E-state index in [-0.39, 0.29) is 6.04 Å². The number of halogens is 1. The Labute approximate surface area is 129 Å². The van der Waals surface area contributed by atoms with Crippen LogP contribution in [0.2, 0.25) is 0 Å². The lowest BCUT2D eigenvalue weighted by Crippen LogP contribution is -2.23. The topological polar surface area (TPSA) is 53.1 Å². The van der Waals surface area contributed by atoms with Crippen LogP contribution >= 0.6 is 15.9 Å². The van der Waals surface area contributed by atoms with Gasteiger partial charge in [-0.2, -0.15) is 5.10 Å². The summed E-state index contributed by atoms with van der Waals surface area (Å²) in [6, 6.07) is 0.0769. The molecule has 112 valence electrons. The first-order valence-electron chi connectivity index (χ1n) is 7.64. The van der Waals surface area contributed by atoms with Crippen molar-refractivity contribution in [3.63, 3.8) is 0 Å². The molecule has 4 unspecified atom stereocenters. The van der Waals surface area contributed by atoms with Crippen molar-refractivity contribution in [2.45, 2.75) is 44.7 Å². The van der Waals surface area contributed by atoms with Crippen molar-refractivity contribution in [2.24, 2.45) is 23.5 Å². The van der Waals surface area contributed by atoms with Gasteiger partial charge in [0.1, 0.15) is 0 Å². The van der Waals surface area contributed by atoms with Gasteiger partial charge in [-0.05, 0) is 59.4 Å². The van der Waals surface area contributed by atoms with Gasteiger partial charge in [-0.3, -0.25) is 4.68 Å². The van der Waals surface area contributed by atoms with Gasteiger partial charge in [-0.15, -0.1) is 0 Å². The van der Waals surface area contributed by atoms with E-state index >= 15 is 0 Å². The molecule has 1 heterocycles. The summed E-state index contributed by atoms with van der Waals surface area (Å²) in [6.45, 7) is 1.43. The first kappa shape index (κ1) is 14.5. The monoisotopic (exact) mass is 341 g/mol.